The molecule has 0 aromatic carbocycles. The number of nitrogens with one attached hydrogen (secondary N) is 1. The SMILES string of the molecule is CC(n1nc(-c2cc(OCC(F)(F)F)ncc2F)c2c1CC(C(=O)NC1(C#N)CCS(O)(O)CC1)CC2)C(C)(C)O. The number of pyridine rings is 1. The lowest BCUT2D eigenvalue weighted by Crippen LogP contribution is -2.53. The molecular formula is C26H33F4N5O5S. The summed E-state index contributed by atoms with van der Waals surface area (Å²) in [5, 5.41) is 27.9. The molecule has 1 fully saturated rings. The van der Waals surface area contributed by atoms with E-state index in [0.29, 0.717) is 17.7 Å². The number of rotatable bonds is 7. The Morgan fingerprint density at radius 3 is 2.59 bits per heavy atom. The Kier molecular flexibility index (Phi) is 8.36. The van der Waals surface area contributed by atoms with Gasteiger partial charge in [-0.15, -0.1) is 0 Å². The van der Waals surface area contributed by atoms with Gasteiger partial charge in [0.05, 0.1) is 29.6 Å². The molecule has 1 aliphatic heterocycles. The molecule has 41 heavy (non-hydrogen) atoms. The van der Waals surface area contributed by atoms with Crippen LogP contribution in [0.2, 0.25) is 0 Å². The van der Waals surface area contributed by atoms with Gasteiger partial charge in [0.25, 0.3) is 0 Å². The van der Waals surface area contributed by atoms with Gasteiger partial charge in [0.1, 0.15) is 5.54 Å². The highest BCUT2D eigenvalue weighted by Gasteiger charge is 2.42. The number of fused-ring (bicyclic) bond motifs is 1. The lowest BCUT2D eigenvalue weighted by molar-refractivity contribution is -0.154. The fraction of sp³-hybridized carbons (Fsp3) is 0.615. The molecule has 1 aliphatic carbocycles. The van der Waals surface area contributed by atoms with Crippen molar-refractivity contribution in [3.63, 3.8) is 0 Å². The normalized spacial score (nSPS) is 21.7. The smallest absolute Gasteiger partial charge is 0.422 e. The molecule has 1 amide bonds. The molecule has 10 nitrogen and oxygen atoms in total. The average Bonchev–Trinajstić information content (AvgIpc) is 3.26. The Morgan fingerprint density at radius 2 is 2.00 bits per heavy atom. The molecule has 3 heterocycles. The third kappa shape index (κ3) is 6.94. The number of nitriles is 1. The number of hydrogen-bond donors (Lipinski definition) is 4. The molecule has 226 valence electrons. The van der Waals surface area contributed by atoms with Gasteiger partial charge in [-0.25, -0.2) is 9.37 Å². The number of ether oxygens (including phenoxy) is 1. The molecule has 4 N–H and O–H groups in total. The zero-order valence-corrected chi connectivity index (χ0v) is 23.6. The van der Waals surface area contributed by atoms with Gasteiger partial charge in [-0.3, -0.25) is 18.6 Å². The second-order valence-corrected chi connectivity index (χ2v) is 13.7. The predicted molar refractivity (Wildman–Crippen MR) is 142 cm³/mol. The molecule has 1 saturated heterocycles. The number of halogens is 4. The van der Waals surface area contributed by atoms with Crippen molar-refractivity contribution in [3.05, 3.63) is 29.3 Å². The number of amides is 1. The van der Waals surface area contributed by atoms with Gasteiger partial charge < -0.3 is 15.2 Å². The van der Waals surface area contributed by atoms with E-state index in [9.17, 15) is 41.8 Å². The maximum absolute atomic E-state index is 15.0. The van der Waals surface area contributed by atoms with Gasteiger partial charge in [-0.1, -0.05) is 0 Å². The summed E-state index contributed by atoms with van der Waals surface area (Å²) in [5.74, 6) is -2.22. The first-order valence-corrected chi connectivity index (χ1v) is 15.0. The van der Waals surface area contributed by atoms with E-state index in [4.69, 9.17) is 4.74 Å². The summed E-state index contributed by atoms with van der Waals surface area (Å²) in [4.78, 5) is 17.0. The van der Waals surface area contributed by atoms with Gasteiger partial charge in [0, 0.05) is 59.6 Å². The Labute approximate surface area is 236 Å². The molecule has 0 spiro atoms. The first kappa shape index (κ1) is 31.0. The highest BCUT2D eigenvalue weighted by molar-refractivity contribution is 8.24. The molecule has 2 atom stereocenters. The summed E-state index contributed by atoms with van der Waals surface area (Å²) in [5.41, 5.74) is -1.34. The molecule has 4 rings (SSSR count). The molecule has 2 aliphatic rings. The van der Waals surface area contributed by atoms with Crippen LogP contribution in [0.3, 0.4) is 0 Å². The van der Waals surface area contributed by atoms with Gasteiger partial charge in [0.15, 0.2) is 12.4 Å². The monoisotopic (exact) mass is 603 g/mol. The number of nitrogens with zero attached hydrogens (tertiary/aromatic N) is 4. The quantitative estimate of drug-likeness (QED) is 0.340. The number of carbonyl (C=O) groups is 1. The summed E-state index contributed by atoms with van der Waals surface area (Å²) in [6.07, 6.45) is -2.92. The molecular weight excluding hydrogens is 570 g/mol. The van der Waals surface area contributed by atoms with Crippen molar-refractivity contribution >= 4 is 16.5 Å². The predicted octanol–water partition coefficient (Wildman–Crippen LogP) is 4.39. The lowest BCUT2D eigenvalue weighted by Gasteiger charge is -2.43. The van der Waals surface area contributed by atoms with E-state index in [1.54, 1.807) is 20.8 Å². The Bertz CT molecular complexity index is 1340. The third-order valence-electron chi connectivity index (χ3n) is 7.82. The van der Waals surface area contributed by atoms with Gasteiger partial charge >= 0.3 is 6.18 Å². The van der Waals surface area contributed by atoms with Crippen molar-refractivity contribution in [2.45, 2.75) is 76.2 Å². The van der Waals surface area contributed by atoms with Crippen LogP contribution in [0.5, 0.6) is 5.88 Å². The fourth-order valence-corrected chi connectivity index (χ4v) is 6.59. The van der Waals surface area contributed by atoms with Gasteiger partial charge in [-0.2, -0.15) is 34.1 Å². The highest BCUT2D eigenvalue weighted by atomic mass is 32.3. The zero-order valence-electron chi connectivity index (χ0n) is 22.8. The minimum Gasteiger partial charge on any atom is -0.468 e. The van der Waals surface area contributed by atoms with Crippen LogP contribution in [-0.4, -0.2) is 70.3 Å². The van der Waals surface area contributed by atoms with Crippen LogP contribution in [0.25, 0.3) is 11.3 Å². The molecule has 2 unspecified atom stereocenters. The van der Waals surface area contributed by atoms with Crippen LogP contribution in [0.1, 0.15) is 57.3 Å². The second kappa shape index (κ2) is 11.0. The summed E-state index contributed by atoms with van der Waals surface area (Å²) in [7, 11) is -2.77. The topological polar surface area (TPSA) is 154 Å². The van der Waals surface area contributed by atoms with Crippen LogP contribution < -0.4 is 10.1 Å². The second-order valence-electron chi connectivity index (χ2n) is 11.3. The summed E-state index contributed by atoms with van der Waals surface area (Å²) >= 11 is 0. The van der Waals surface area contributed by atoms with Crippen molar-refractivity contribution in [2.75, 3.05) is 18.1 Å². The van der Waals surface area contributed by atoms with Crippen molar-refractivity contribution in [1.29, 1.82) is 5.26 Å². The zero-order chi connectivity index (χ0) is 30.4. The van der Waals surface area contributed by atoms with Crippen LogP contribution in [0, 0.1) is 23.1 Å². The highest BCUT2D eigenvalue weighted by Crippen LogP contribution is 2.47. The van der Waals surface area contributed by atoms with E-state index in [-0.39, 0.29) is 48.4 Å². The van der Waals surface area contributed by atoms with Crippen molar-refractivity contribution in [2.24, 2.45) is 5.92 Å². The molecule has 2 aromatic rings. The molecule has 2 aromatic heterocycles. The third-order valence-corrected chi connectivity index (χ3v) is 9.53. The van der Waals surface area contributed by atoms with E-state index in [1.807, 2.05) is 0 Å². The number of hydrogen-bond acceptors (Lipinski definition) is 8. The standard InChI is InChI=1S/C26H33F4N5O5S/c1-15(24(2,3)37)35-20-10-16(23(36)33-25(13-31)6-8-41(38,39)9-7-25)4-5-17(20)22(34-35)18-11-21(32-12-19(18)27)40-14-26(28,29)30/h11-12,15-16,37-39H,4-10,14H2,1-3H3,(H,33,36). The maximum Gasteiger partial charge on any atom is 0.422 e. The molecule has 0 bridgehead atoms. The minimum atomic E-state index is -4.61. The Morgan fingerprint density at radius 1 is 1.34 bits per heavy atom. The average molecular weight is 604 g/mol. The van der Waals surface area contributed by atoms with E-state index in [1.165, 1.54) is 4.68 Å². The van der Waals surface area contributed by atoms with E-state index < -0.39 is 64.1 Å². The maximum atomic E-state index is 15.0. The van der Waals surface area contributed by atoms with Crippen molar-refractivity contribution in [3.8, 4) is 23.2 Å². The molecule has 0 radical (unpaired) electrons. The Balaban J connectivity index is 1.66. The largest absolute Gasteiger partial charge is 0.468 e. The van der Waals surface area contributed by atoms with E-state index in [2.05, 4.69) is 21.5 Å². The first-order chi connectivity index (χ1) is 18.9. The van der Waals surface area contributed by atoms with Crippen molar-refractivity contribution < 1.29 is 41.3 Å². The number of aliphatic hydroxyl groups is 1. The summed E-state index contributed by atoms with van der Waals surface area (Å²) in [6.45, 7) is 3.23. The first-order valence-electron chi connectivity index (χ1n) is 13.1. The number of alkyl halides is 3. The van der Waals surface area contributed by atoms with E-state index >= 15 is 0 Å². The lowest BCUT2D eigenvalue weighted by atomic mass is 9.83. The molecule has 15 heteroatoms. The summed E-state index contributed by atoms with van der Waals surface area (Å²) in [6, 6.07) is 2.54. The number of aromatic nitrogens is 3. The van der Waals surface area contributed by atoms with Crippen LogP contribution in [0.15, 0.2) is 12.3 Å². The van der Waals surface area contributed by atoms with Crippen LogP contribution in [-0.2, 0) is 17.6 Å². The fourth-order valence-electron chi connectivity index (χ4n) is 5.04. The minimum absolute atomic E-state index is 0.0149. The summed E-state index contributed by atoms with van der Waals surface area (Å²) < 4.78 is 79.1. The van der Waals surface area contributed by atoms with Crippen LogP contribution >= 0.6 is 10.6 Å². The van der Waals surface area contributed by atoms with E-state index in [0.717, 1.165) is 12.3 Å². The van der Waals surface area contributed by atoms with Crippen LogP contribution in [0.4, 0.5) is 17.6 Å². The Hall–Kier alpha value is -2.93. The molecule has 0 saturated carbocycles. The van der Waals surface area contributed by atoms with Gasteiger partial charge in [0.2, 0.25) is 11.8 Å². The number of carbonyl (C=O) groups excluding carboxylic acids is 1. The van der Waals surface area contributed by atoms with Crippen molar-refractivity contribution in [1.82, 2.24) is 20.1 Å². The van der Waals surface area contributed by atoms with Gasteiger partial charge in [-0.05, 0) is 33.6 Å².